The van der Waals surface area contributed by atoms with Crippen LogP contribution >= 0.6 is 0 Å². The smallest absolute Gasteiger partial charge is 0.416 e. The molecule has 4 N–H and O–H groups in total. The molecule has 1 heterocycles. The lowest BCUT2D eigenvalue weighted by atomic mass is 9.99. The van der Waals surface area contributed by atoms with Crippen molar-refractivity contribution in [3.8, 4) is 11.5 Å². The summed E-state index contributed by atoms with van der Waals surface area (Å²) in [6, 6.07) is 13.6. The number of likely N-dealkylation sites (N-methyl/N-ethyl adjacent to an activating group) is 1. The number of hydrogen-bond donors (Lipinski definition) is 4. The van der Waals surface area contributed by atoms with Crippen LogP contribution in [-0.4, -0.2) is 78.9 Å². The molecular weight excluding hydrogens is 607 g/mol. The molecule has 0 aliphatic carbocycles. The van der Waals surface area contributed by atoms with E-state index in [1.807, 2.05) is 6.92 Å². The number of urea groups is 2. The number of halogens is 3. The number of ether oxygens (including phenoxy) is 2. The van der Waals surface area contributed by atoms with Crippen LogP contribution in [0.4, 0.5) is 39.8 Å². The first-order chi connectivity index (χ1) is 21.8. The number of para-hydroxylation sites is 1. The van der Waals surface area contributed by atoms with E-state index in [9.17, 15) is 32.7 Å². The summed E-state index contributed by atoms with van der Waals surface area (Å²) >= 11 is 0. The molecule has 11 nitrogen and oxygen atoms in total. The highest BCUT2D eigenvalue weighted by Crippen LogP contribution is 2.35. The molecule has 46 heavy (non-hydrogen) atoms. The van der Waals surface area contributed by atoms with E-state index < -0.39 is 41.9 Å². The van der Waals surface area contributed by atoms with Crippen LogP contribution < -0.4 is 25.4 Å². The molecule has 0 bridgehead atoms. The fourth-order valence-electron chi connectivity index (χ4n) is 4.83. The second-order valence-corrected chi connectivity index (χ2v) is 11.0. The van der Waals surface area contributed by atoms with E-state index >= 15 is 0 Å². The summed E-state index contributed by atoms with van der Waals surface area (Å²) in [6.45, 7) is 3.56. The average Bonchev–Trinajstić information content (AvgIpc) is 3.02. The zero-order valence-corrected chi connectivity index (χ0v) is 25.7. The molecule has 0 saturated heterocycles. The second-order valence-electron chi connectivity index (χ2n) is 11.0. The number of aliphatic hydroxyl groups excluding tert-OH is 1. The number of rotatable bonds is 8. The maximum absolute atomic E-state index is 13.7. The largest absolute Gasteiger partial charge is 0.497 e. The van der Waals surface area contributed by atoms with Gasteiger partial charge in [-0.25, -0.2) is 9.59 Å². The van der Waals surface area contributed by atoms with Gasteiger partial charge in [0, 0.05) is 30.9 Å². The van der Waals surface area contributed by atoms with Crippen LogP contribution in [0.3, 0.4) is 0 Å². The SMILES string of the molecule is COc1ccc(NC(=O)N(C)C[C@@H]2Oc3c(NC(=O)Nc4ccc(C(F)(F)F)cc4)cccc3C(=O)N([C@@H](C)CO)C[C@@H]2C)cc1. The van der Waals surface area contributed by atoms with E-state index in [2.05, 4.69) is 16.0 Å². The minimum Gasteiger partial charge on any atom is -0.497 e. The highest BCUT2D eigenvalue weighted by molar-refractivity contribution is 6.04. The molecule has 3 aromatic carbocycles. The Morgan fingerprint density at radius 2 is 1.67 bits per heavy atom. The number of carbonyl (C=O) groups excluding carboxylic acids is 3. The summed E-state index contributed by atoms with van der Waals surface area (Å²) in [7, 11) is 3.13. The highest BCUT2D eigenvalue weighted by atomic mass is 19.4. The Kier molecular flexibility index (Phi) is 10.6. The summed E-state index contributed by atoms with van der Waals surface area (Å²) < 4.78 is 50.4. The van der Waals surface area contributed by atoms with Crippen molar-refractivity contribution >= 4 is 35.0 Å². The lowest BCUT2D eigenvalue weighted by Gasteiger charge is -2.38. The molecule has 0 unspecified atom stereocenters. The predicted octanol–water partition coefficient (Wildman–Crippen LogP) is 5.74. The van der Waals surface area contributed by atoms with Crippen LogP contribution in [0.2, 0.25) is 0 Å². The summed E-state index contributed by atoms with van der Waals surface area (Å²) in [5, 5.41) is 17.8. The van der Waals surface area contributed by atoms with Crippen molar-refractivity contribution in [1.82, 2.24) is 9.80 Å². The van der Waals surface area contributed by atoms with Gasteiger partial charge in [0.1, 0.15) is 11.9 Å². The molecule has 5 amide bonds. The van der Waals surface area contributed by atoms with Crippen molar-refractivity contribution in [2.24, 2.45) is 5.92 Å². The van der Waals surface area contributed by atoms with E-state index in [1.54, 1.807) is 51.4 Å². The first-order valence-corrected chi connectivity index (χ1v) is 14.4. The molecule has 246 valence electrons. The van der Waals surface area contributed by atoms with E-state index in [0.29, 0.717) is 11.4 Å². The predicted molar refractivity (Wildman–Crippen MR) is 166 cm³/mol. The summed E-state index contributed by atoms with van der Waals surface area (Å²) in [5.74, 6) is -0.0863. The number of amides is 5. The van der Waals surface area contributed by atoms with Crippen LogP contribution in [0.5, 0.6) is 11.5 Å². The van der Waals surface area contributed by atoms with Crippen LogP contribution in [0, 0.1) is 5.92 Å². The standard InChI is InChI=1S/C32H36F3N5O6/c1-19-16-40(20(2)18-41)29(42)25-6-5-7-26(38-30(43)36-22-10-8-21(9-11-22)32(33,34)35)28(25)46-27(19)17-39(3)31(44)37-23-12-14-24(45-4)15-13-23/h5-15,19-20,27,41H,16-18H2,1-4H3,(H,37,44)(H2,36,38,43)/t19-,20-,27-/m0/s1. The van der Waals surface area contributed by atoms with Gasteiger partial charge in [-0.15, -0.1) is 0 Å². The fraction of sp³-hybridized carbons (Fsp3) is 0.344. The quantitative estimate of drug-likeness (QED) is 0.248. The summed E-state index contributed by atoms with van der Waals surface area (Å²) in [4.78, 5) is 42.7. The number of nitrogens with zero attached hydrogens (tertiary/aromatic N) is 2. The second kappa shape index (κ2) is 14.4. The Bertz CT molecular complexity index is 1530. The molecule has 0 spiro atoms. The zero-order valence-electron chi connectivity index (χ0n) is 25.7. The van der Waals surface area contributed by atoms with Gasteiger partial charge < -0.3 is 40.3 Å². The number of nitrogens with one attached hydrogen (secondary N) is 3. The van der Waals surface area contributed by atoms with Crippen molar-refractivity contribution < 1.29 is 42.1 Å². The molecule has 3 aromatic rings. The van der Waals surface area contributed by atoms with Crippen molar-refractivity contribution in [3.63, 3.8) is 0 Å². The fourth-order valence-corrected chi connectivity index (χ4v) is 4.83. The van der Waals surface area contributed by atoms with Crippen LogP contribution in [0.15, 0.2) is 66.7 Å². The van der Waals surface area contributed by atoms with Gasteiger partial charge in [0.2, 0.25) is 0 Å². The summed E-state index contributed by atoms with van der Waals surface area (Å²) in [5.41, 5.74) is 0.0411. The zero-order chi connectivity index (χ0) is 33.6. The van der Waals surface area contributed by atoms with Crippen molar-refractivity contribution in [2.45, 2.75) is 32.2 Å². The van der Waals surface area contributed by atoms with Gasteiger partial charge in [-0.1, -0.05) is 13.0 Å². The molecule has 4 rings (SSSR count). The maximum atomic E-state index is 13.7. The molecule has 1 aliphatic rings. The molecule has 3 atom stereocenters. The molecule has 0 aromatic heterocycles. The number of benzene rings is 3. The Labute approximate surface area is 264 Å². The number of alkyl halides is 3. The minimum atomic E-state index is -4.52. The Balaban J connectivity index is 1.58. The molecule has 0 fully saturated rings. The first kappa shape index (κ1) is 33.9. The third kappa shape index (κ3) is 8.18. The van der Waals surface area contributed by atoms with E-state index in [4.69, 9.17) is 9.47 Å². The highest BCUT2D eigenvalue weighted by Gasteiger charge is 2.35. The molecule has 1 aliphatic heterocycles. The van der Waals surface area contributed by atoms with Gasteiger partial charge in [0.05, 0.1) is 43.1 Å². The lowest BCUT2D eigenvalue weighted by Crippen LogP contribution is -2.50. The van der Waals surface area contributed by atoms with Gasteiger partial charge in [-0.05, 0) is 67.6 Å². The number of anilines is 3. The molecule has 0 saturated carbocycles. The van der Waals surface area contributed by atoms with E-state index in [0.717, 1.165) is 24.3 Å². The number of hydrogen-bond acceptors (Lipinski definition) is 6. The topological polar surface area (TPSA) is 132 Å². The van der Waals surface area contributed by atoms with Crippen molar-refractivity contribution in [1.29, 1.82) is 0 Å². The molecule has 0 radical (unpaired) electrons. The third-order valence-corrected chi connectivity index (χ3v) is 7.55. The van der Waals surface area contributed by atoms with Gasteiger partial charge in [0.15, 0.2) is 5.75 Å². The molecular formula is C32H36F3N5O6. The Morgan fingerprint density at radius 3 is 2.28 bits per heavy atom. The van der Waals surface area contributed by atoms with Gasteiger partial charge >= 0.3 is 18.2 Å². The van der Waals surface area contributed by atoms with Crippen LogP contribution in [0.25, 0.3) is 0 Å². The van der Waals surface area contributed by atoms with Crippen molar-refractivity contribution in [3.05, 3.63) is 77.9 Å². The first-order valence-electron chi connectivity index (χ1n) is 14.4. The summed E-state index contributed by atoms with van der Waals surface area (Å²) in [6.07, 6.45) is -5.20. The number of aliphatic hydroxyl groups is 1. The minimum absolute atomic E-state index is 0.0470. The van der Waals surface area contributed by atoms with E-state index in [-0.39, 0.29) is 48.3 Å². The van der Waals surface area contributed by atoms with Gasteiger partial charge in [0.25, 0.3) is 5.91 Å². The van der Waals surface area contributed by atoms with Crippen molar-refractivity contribution in [2.75, 3.05) is 49.8 Å². The van der Waals surface area contributed by atoms with E-state index in [1.165, 1.54) is 21.9 Å². The number of methoxy groups -OCH3 is 1. The Hall–Kier alpha value is -4.98. The lowest BCUT2D eigenvalue weighted by molar-refractivity contribution is -0.137. The number of fused-ring (bicyclic) bond motifs is 1. The maximum Gasteiger partial charge on any atom is 0.416 e. The normalized spacial score (nSPS) is 17.0. The van der Waals surface area contributed by atoms with Gasteiger partial charge in [-0.3, -0.25) is 4.79 Å². The average molecular weight is 644 g/mol. The van der Waals surface area contributed by atoms with Crippen LogP contribution in [-0.2, 0) is 6.18 Å². The molecule has 14 heteroatoms. The monoisotopic (exact) mass is 643 g/mol. The van der Waals surface area contributed by atoms with Crippen LogP contribution in [0.1, 0.15) is 29.8 Å². The van der Waals surface area contributed by atoms with Gasteiger partial charge in [-0.2, -0.15) is 13.2 Å². The number of carbonyl (C=O) groups is 3. The Morgan fingerprint density at radius 1 is 1.04 bits per heavy atom. The third-order valence-electron chi connectivity index (χ3n) is 7.55.